The second-order valence-corrected chi connectivity index (χ2v) is 3.78. The molecule has 0 atom stereocenters. The average molecular weight is 253 g/mol. The van der Waals surface area contributed by atoms with Gasteiger partial charge in [-0.25, -0.2) is 0 Å². The van der Waals surface area contributed by atoms with Gasteiger partial charge >= 0.3 is 0 Å². The van der Waals surface area contributed by atoms with Crippen molar-refractivity contribution in [3.63, 3.8) is 0 Å². The van der Waals surface area contributed by atoms with Gasteiger partial charge in [0, 0.05) is 12.3 Å². The van der Waals surface area contributed by atoms with Crippen LogP contribution in [0.15, 0.2) is 18.2 Å². The molecule has 14 heavy (non-hydrogen) atoms. The maximum Gasteiger partial charge on any atom is 0.225 e. The van der Waals surface area contributed by atoms with Crippen LogP contribution in [0.2, 0.25) is 10.0 Å². The fraction of sp³-hybridized carbons (Fsp3) is 0.222. The lowest BCUT2D eigenvalue weighted by atomic mass is 10.3. The maximum absolute atomic E-state index is 11.2. The molecule has 1 aromatic rings. The van der Waals surface area contributed by atoms with Crippen LogP contribution in [0.3, 0.4) is 0 Å². The molecule has 5 heteroatoms. The molecule has 1 aromatic carbocycles. The Morgan fingerprint density at radius 2 is 1.86 bits per heavy atom. The molecular weight excluding hydrogens is 244 g/mol. The number of hydrogen-bond donors (Lipinski definition) is 1. The van der Waals surface area contributed by atoms with Gasteiger partial charge in [0.25, 0.3) is 0 Å². The van der Waals surface area contributed by atoms with Gasteiger partial charge in [0.2, 0.25) is 5.91 Å². The van der Waals surface area contributed by atoms with Crippen LogP contribution in [-0.4, -0.2) is 11.8 Å². The molecular formula is C9H8Cl3NO. The first kappa shape index (κ1) is 11.6. The van der Waals surface area contributed by atoms with E-state index in [4.69, 9.17) is 34.8 Å². The van der Waals surface area contributed by atoms with Crippen LogP contribution >= 0.6 is 34.8 Å². The zero-order chi connectivity index (χ0) is 10.6. The fourth-order valence-electron chi connectivity index (χ4n) is 0.905. The van der Waals surface area contributed by atoms with E-state index in [1.807, 2.05) is 0 Å². The molecule has 0 bridgehead atoms. The van der Waals surface area contributed by atoms with Crippen molar-refractivity contribution in [1.82, 2.24) is 0 Å². The van der Waals surface area contributed by atoms with Crippen LogP contribution in [0.25, 0.3) is 0 Å². The second-order valence-electron chi connectivity index (χ2n) is 2.58. The van der Waals surface area contributed by atoms with Crippen molar-refractivity contribution >= 4 is 46.4 Å². The number of benzene rings is 1. The maximum atomic E-state index is 11.2. The Kier molecular flexibility index (Phi) is 4.52. The predicted molar refractivity (Wildman–Crippen MR) is 60.4 cm³/mol. The van der Waals surface area contributed by atoms with E-state index in [1.54, 1.807) is 18.2 Å². The summed E-state index contributed by atoms with van der Waals surface area (Å²) in [5, 5.41) is 3.43. The molecule has 0 spiro atoms. The molecule has 0 aliphatic rings. The van der Waals surface area contributed by atoms with Crippen molar-refractivity contribution in [2.75, 3.05) is 11.2 Å². The minimum absolute atomic E-state index is 0.199. The van der Waals surface area contributed by atoms with Gasteiger partial charge in [-0.05, 0) is 12.1 Å². The Hall–Kier alpha value is -0.440. The lowest BCUT2D eigenvalue weighted by molar-refractivity contribution is -0.115. The van der Waals surface area contributed by atoms with E-state index in [0.29, 0.717) is 15.7 Å². The average Bonchev–Trinajstić information content (AvgIpc) is 2.12. The van der Waals surface area contributed by atoms with Gasteiger partial charge in [-0.3, -0.25) is 4.79 Å². The summed E-state index contributed by atoms with van der Waals surface area (Å²) in [4.78, 5) is 11.2. The first-order valence-corrected chi connectivity index (χ1v) is 5.24. The molecule has 0 fully saturated rings. The molecule has 0 aliphatic carbocycles. The molecule has 1 amide bonds. The largest absolute Gasteiger partial charge is 0.324 e. The highest BCUT2D eigenvalue weighted by atomic mass is 35.5. The standard InChI is InChI=1S/C9H8Cl3NO/c10-5-4-8(14)13-9-6(11)2-1-3-7(9)12/h1-3H,4-5H2,(H,13,14). The van der Waals surface area contributed by atoms with Crippen LogP contribution in [-0.2, 0) is 4.79 Å². The highest BCUT2D eigenvalue weighted by Crippen LogP contribution is 2.29. The first-order valence-electron chi connectivity index (χ1n) is 3.95. The van der Waals surface area contributed by atoms with Gasteiger partial charge in [-0.2, -0.15) is 0 Å². The fourth-order valence-corrected chi connectivity index (χ4v) is 1.57. The number of rotatable bonds is 3. The molecule has 1 N–H and O–H groups in total. The SMILES string of the molecule is O=C(CCCl)Nc1c(Cl)cccc1Cl. The first-order chi connectivity index (χ1) is 6.65. The highest BCUT2D eigenvalue weighted by Gasteiger charge is 2.08. The summed E-state index contributed by atoms with van der Waals surface area (Å²) in [5.41, 5.74) is 0.436. The second kappa shape index (κ2) is 5.44. The zero-order valence-corrected chi connectivity index (χ0v) is 9.46. The van der Waals surface area contributed by atoms with Gasteiger partial charge in [-0.15, -0.1) is 11.6 Å². The van der Waals surface area contributed by atoms with Crippen molar-refractivity contribution in [3.05, 3.63) is 28.2 Å². The normalized spacial score (nSPS) is 9.93. The lowest BCUT2D eigenvalue weighted by Crippen LogP contribution is -2.12. The Morgan fingerprint density at radius 1 is 1.29 bits per heavy atom. The van der Waals surface area contributed by atoms with E-state index >= 15 is 0 Å². The number of hydrogen-bond acceptors (Lipinski definition) is 1. The number of alkyl halides is 1. The summed E-state index contributed by atoms with van der Waals surface area (Å²) >= 11 is 17.1. The number of halogens is 3. The number of nitrogens with one attached hydrogen (secondary N) is 1. The van der Waals surface area contributed by atoms with Crippen molar-refractivity contribution < 1.29 is 4.79 Å². The number of anilines is 1. The third kappa shape index (κ3) is 3.05. The van der Waals surface area contributed by atoms with Crippen LogP contribution in [0.1, 0.15) is 6.42 Å². The van der Waals surface area contributed by atoms with E-state index in [9.17, 15) is 4.79 Å². The summed E-state index contributed by atoms with van der Waals surface area (Å²) in [5.74, 6) is 0.0727. The van der Waals surface area contributed by atoms with E-state index in [1.165, 1.54) is 0 Å². The quantitative estimate of drug-likeness (QED) is 0.819. The van der Waals surface area contributed by atoms with Gasteiger partial charge in [0.15, 0.2) is 0 Å². The van der Waals surface area contributed by atoms with Crippen molar-refractivity contribution in [1.29, 1.82) is 0 Å². The molecule has 0 saturated carbocycles. The number of amides is 1. The number of carbonyl (C=O) groups excluding carboxylic acids is 1. The predicted octanol–water partition coefficient (Wildman–Crippen LogP) is 3.56. The van der Waals surface area contributed by atoms with Gasteiger partial charge < -0.3 is 5.32 Å². The van der Waals surface area contributed by atoms with Crippen molar-refractivity contribution in [3.8, 4) is 0 Å². The molecule has 0 aliphatic heterocycles. The van der Waals surface area contributed by atoms with Crippen molar-refractivity contribution in [2.45, 2.75) is 6.42 Å². The van der Waals surface area contributed by atoms with Gasteiger partial charge in [0.05, 0.1) is 15.7 Å². The summed E-state index contributed by atoms with van der Waals surface area (Å²) in [7, 11) is 0. The van der Waals surface area contributed by atoms with Crippen LogP contribution in [0.4, 0.5) is 5.69 Å². The van der Waals surface area contributed by atoms with Crippen LogP contribution < -0.4 is 5.32 Å². The van der Waals surface area contributed by atoms with E-state index in [0.717, 1.165) is 0 Å². The molecule has 0 unspecified atom stereocenters. The molecule has 0 saturated heterocycles. The number of carbonyl (C=O) groups is 1. The Labute approximate surface area is 97.1 Å². The minimum Gasteiger partial charge on any atom is -0.324 e. The van der Waals surface area contributed by atoms with Gasteiger partial charge in [0.1, 0.15) is 0 Å². The smallest absolute Gasteiger partial charge is 0.225 e. The Bertz CT molecular complexity index is 321. The van der Waals surface area contributed by atoms with E-state index in [2.05, 4.69) is 5.32 Å². The lowest BCUT2D eigenvalue weighted by Gasteiger charge is -2.07. The summed E-state index contributed by atoms with van der Waals surface area (Å²) in [6.07, 6.45) is 0.239. The third-order valence-electron chi connectivity index (χ3n) is 1.55. The number of para-hydroxylation sites is 1. The zero-order valence-electron chi connectivity index (χ0n) is 7.19. The Morgan fingerprint density at radius 3 is 2.36 bits per heavy atom. The van der Waals surface area contributed by atoms with E-state index in [-0.39, 0.29) is 18.2 Å². The van der Waals surface area contributed by atoms with Crippen LogP contribution in [0.5, 0.6) is 0 Å². The monoisotopic (exact) mass is 251 g/mol. The van der Waals surface area contributed by atoms with E-state index < -0.39 is 0 Å². The molecule has 0 heterocycles. The van der Waals surface area contributed by atoms with Crippen LogP contribution in [0, 0.1) is 0 Å². The molecule has 76 valence electrons. The van der Waals surface area contributed by atoms with Gasteiger partial charge in [-0.1, -0.05) is 29.3 Å². The minimum atomic E-state index is -0.199. The highest BCUT2D eigenvalue weighted by molar-refractivity contribution is 6.39. The summed E-state index contributed by atoms with van der Waals surface area (Å²) in [6, 6.07) is 5.02. The third-order valence-corrected chi connectivity index (χ3v) is 2.37. The summed E-state index contributed by atoms with van der Waals surface area (Å²) in [6.45, 7) is 0. The topological polar surface area (TPSA) is 29.1 Å². The summed E-state index contributed by atoms with van der Waals surface area (Å²) < 4.78 is 0. The molecule has 0 aromatic heterocycles. The molecule has 0 radical (unpaired) electrons. The van der Waals surface area contributed by atoms with Crippen molar-refractivity contribution in [2.24, 2.45) is 0 Å². The Balaban J connectivity index is 2.80. The molecule has 1 rings (SSSR count). The molecule has 2 nitrogen and oxygen atoms in total.